The zero-order chi connectivity index (χ0) is 20.2. The fourth-order valence-corrected chi connectivity index (χ4v) is 3.28. The van der Waals surface area contributed by atoms with E-state index in [1.54, 1.807) is 33.7 Å². The summed E-state index contributed by atoms with van der Waals surface area (Å²) in [6, 6.07) is 16.0. The van der Waals surface area contributed by atoms with Gasteiger partial charge < -0.3 is 14.2 Å². The molecule has 1 unspecified atom stereocenters. The number of rotatable bonds is 6. The monoisotopic (exact) mass is 389 g/mol. The van der Waals surface area contributed by atoms with Crippen LogP contribution in [0.3, 0.4) is 0 Å². The number of hydrogen-bond acceptors (Lipinski definition) is 6. The van der Waals surface area contributed by atoms with Gasteiger partial charge in [0.15, 0.2) is 22.9 Å². The van der Waals surface area contributed by atoms with E-state index in [4.69, 9.17) is 14.2 Å². The van der Waals surface area contributed by atoms with Gasteiger partial charge in [-0.2, -0.15) is 0 Å². The van der Waals surface area contributed by atoms with E-state index >= 15 is 0 Å². The number of aromatic nitrogens is 1. The molecule has 4 rings (SSSR count). The van der Waals surface area contributed by atoms with Crippen molar-refractivity contribution < 1.29 is 19.2 Å². The molecule has 29 heavy (non-hydrogen) atoms. The molecule has 0 radical (unpaired) electrons. The molecule has 146 valence electrons. The van der Waals surface area contributed by atoms with Crippen molar-refractivity contribution in [1.82, 2.24) is 4.98 Å². The topological polar surface area (TPSA) is 69.7 Å². The summed E-state index contributed by atoms with van der Waals surface area (Å²) in [4.78, 5) is 4.18. The molecular formula is C22H21N4O3+. The molecule has 7 nitrogen and oxygen atoms in total. The molecule has 0 saturated carbocycles. The zero-order valence-electron chi connectivity index (χ0n) is 16.4. The van der Waals surface area contributed by atoms with Crippen LogP contribution >= 0.6 is 0 Å². The number of pyridine rings is 1. The summed E-state index contributed by atoms with van der Waals surface area (Å²) in [5.41, 5.74) is 4.96. The number of nitrogens with zero attached hydrogens (tertiary/aromatic N) is 3. The lowest BCUT2D eigenvalue weighted by Gasteiger charge is -2.16. The third-order valence-electron chi connectivity index (χ3n) is 4.73. The van der Waals surface area contributed by atoms with E-state index in [2.05, 4.69) is 39.6 Å². The molecule has 1 aliphatic rings. The average Bonchev–Trinajstić information content (AvgIpc) is 3.28. The highest BCUT2D eigenvalue weighted by molar-refractivity contribution is 5.68. The first kappa shape index (κ1) is 18.6. The molecule has 3 aromatic rings. The van der Waals surface area contributed by atoms with Gasteiger partial charge in [-0.1, -0.05) is 18.2 Å². The molecule has 1 aliphatic heterocycles. The van der Waals surface area contributed by atoms with Crippen molar-refractivity contribution in [3.63, 3.8) is 0 Å². The second kappa shape index (κ2) is 8.12. The Morgan fingerprint density at radius 2 is 1.48 bits per heavy atom. The third kappa shape index (κ3) is 3.55. The minimum atomic E-state index is 0.542. The Morgan fingerprint density at radius 1 is 0.793 bits per heavy atom. The van der Waals surface area contributed by atoms with Crippen LogP contribution < -0.4 is 19.2 Å². The number of nitrogens with one attached hydrogen (secondary N) is 1. The van der Waals surface area contributed by atoms with E-state index in [1.165, 1.54) is 0 Å². The second-order valence-electron chi connectivity index (χ2n) is 6.34. The first-order valence-electron chi connectivity index (χ1n) is 9.04. The molecule has 1 atom stereocenters. The lowest BCUT2D eigenvalue weighted by atomic mass is 10.0. The molecule has 7 heteroatoms. The summed E-state index contributed by atoms with van der Waals surface area (Å²) in [6.07, 6.45) is 5.38. The van der Waals surface area contributed by atoms with E-state index in [0.717, 1.165) is 33.1 Å². The minimum Gasteiger partial charge on any atom is -0.492 e. The van der Waals surface area contributed by atoms with Gasteiger partial charge in [-0.05, 0) is 29.3 Å². The number of methoxy groups -OCH3 is 3. The van der Waals surface area contributed by atoms with E-state index in [9.17, 15) is 0 Å². The van der Waals surface area contributed by atoms with E-state index in [0.29, 0.717) is 17.2 Å². The van der Waals surface area contributed by atoms with Crippen LogP contribution in [0, 0.1) is 0 Å². The van der Waals surface area contributed by atoms with Crippen LogP contribution in [0.5, 0.6) is 17.2 Å². The molecule has 0 saturated heterocycles. The predicted molar refractivity (Wildman–Crippen MR) is 109 cm³/mol. The Labute approximate surface area is 168 Å². The van der Waals surface area contributed by atoms with Gasteiger partial charge in [-0.15, -0.1) is 10.1 Å². The molecule has 0 bridgehead atoms. The lowest BCUT2D eigenvalue weighted by Crippen LogP contribution is -2.98. The summed E-state index contributed by atoms with van der Waals surface area (Å²) in [5.74, 6) is 1.69. The Kier molecular flexibility index (Phi) is 5.22. The van der Waals surface area contributed by atoms with Crippen molar-refractivity contribution in [2.45, 2.75) is 0 Å². The van der Waals surface area contributed by atoms with Gasteiger partial charge in [0.2, 0.25) is 5.75 Å². The number of quaternary nitrogens is 1. The molecule has 1 aromatic heterocycles. The SMILES string of the molecule is COc1cc([NH+]2N=NC=C2c2ccc(-c3cccnc3)cc2)cc(OC)c1OC. The van der Waals surface area contributed by atoms with Crippen molar-refractivity contribution >= 4 is 11.4 Å². The summed E-state index contributed by atoms with van der Waals surface area (Å²) < 4.78 is 16.3. The van der Waals surface area contributed by atoms with Crippen LogP contribution in [0.2, 0.25) is 0 Å². The van der Waals surface area contributed by atoms with Crippen molar-refractivity contribution in [2.24, 2.45) is 10.3 Å². The van der Waals surface area contributed by atoms with Gasteiger partial charge >= 0.3 is 0 Å². The molecule has 0 fully saturated rings. The van der Waals surface area contributed by atoms with Gasteiger partial charge in [0, 0.05) is 35.3 Å². The normalized spacial score (nSPS) is 15.1. The third-order valence-corrected chi connectivity index (χ3v) is 4.73. The summed E-state index contributed by atoms with van der Waals surface area (Å²) >= 11 is 0. The van der Waals surface area contributed by atoms with Crippen molar-refractivity contribution in [2.75, 3.05) is 21.3 Å². The van der Waals surface area contributed by atoms with E-state index in [1.807, 2.05) is 30.5 Å². The predicted octanol–water partition coefficient (Wildman–Crippen LogP) is 3.67. The Hall–Kier alpha value is -3.71. The summed E-state index contributed by atoms with van der Waals surface area (Å²) in [5, 5.41) is 9.22. The maximum atomic E-state index is 5.47. The largest absolute Gasteiger partial charge is 0.492 e. The van der Waals surface area contributed by atoms with Crippen LogP contribution in [0.1, 0.15) is 5.56 Å². The van der Waals surface area contributed by atoms with Crippen LogP contribution in [0.25, 0.3) is 16.8 Å². The van der Waals surface area contributed by atoms with Crippen molar-refractivity contribution in [3.05, 3.63) is 72.7 Å². The summed E-state index contributed by atoms with van der Waals surface area (Å²) in [6.45, 7) is 0. The minimum absolute atomic E-state index is 0.542. The number of benzene rings is 2. The fourth-order valence-electron chi connectivity index (χ4n) is 3.28. The van der Waals surface area contributed by atoms with Gasteiger partial charge in [-0.25, -0.2) is 0 Å². The molecule has 1 N–H and O–H groups in total. The fraction of sp³-hybridized carbons (Fsp3) is 0.136. The maximum Gasteiger partial charge on any atom is 0.203 e. The standard InChI is InChI=1S/C22H20N4O3/c1-27-20-11-18(12-21(28-2)22(20)29-3)26-19(14-24-25-26)16-8-6-15(7-9-16)17-5-4-10-23-13-17/h4-14H,1-3H3/p+1. The molecular weight excluding hydrogens is 368 g/mol. The Morgan fingerprint density at radius 3 is 2.07 bits per heavy atom. The van der Waals surface area contributed by atoms with Crippen LogP contribution in [-0.2, 0) is 0 Å². The van der Waals surface area contributed by atoms with Gasteiger partial charge in [0.1, 0.15) is 6.20 Å². The van der Waals surface area contributed by atoms with Crippen molar-refractivity contribution in [3.8, 4) is 28.4 Å². The molecule has 0 amide bonds. The highest BCUT2D eigenvalue weighted by atomic mass is 16.5. The summed E-state index contributed by atoms with van der Waals surface area (Å²) in [7, 11) is 4.77. The Bertz CT molecular complexity index is 1040. The number of hydrogen-bond donors (Lipinski definition) is 1. The molecule has 2 heterocycles. The first-order chi connectivity index (χ1) is 14.2. The van der Waals surface area contributed by atoms with Gasteiger partial charge in [-0.3, -0.25) is 4.98 Å². The van der Waals surface area contributed by atoms with E-state index < -0.39 is 0 Å². The highest BCUT2D eigenvalue weighted by Gasteiger charge is 2.28. The maximum absolute atomic E-state index is 5.47. The second-order valence-corrected chi connectivity index (χ2v) is 6.34. The van der Waals surface area contributed by atoms with Crippen molar-refractivity contribution in [1.29, 1.82) is 0 Å². The highest BCUT2D eigenvalue weighted by Crippen LogP contribution is 2.39. The van der Waals surface area contributed by atoms with Crippen LogP contribution in [0.4, 0.5) is 5.69 Å². The zero-order valence-corrected chi connectivity index (χ0v) is 16.4. The van der Waals surface area contributed by atoms with Gasteiger partial charge in [0.25, 0.3) is 0 Å². The van der Waals surface area contributed by atoms with E-state index in [-0.39, 0.29) is 0 Å². The molecule has 2 aromatic carbocycles. The smallest absolute Gasteiger partial charge is 0.203 e. The van der Waals surface area contributed by atoms with Crippen LogP contribution in [-0.4, -0.2) is 26.3 Å². The average molecular weight is 389 g/mol. The van der Waals surface area contributed by atoms with Gasteiger partial charge in [0.05, 0.1) is 21.3 Å². The van der Waals surface area contributed by atoms with Crippen LogP contribution in [0.15, 0.2) is 77.5 Å². The molecule has 0 aliphatic carbocycles. The molecule has 0 spiro atoms. The quantitative estimate of drug-likeness (QED) is 0.698. The first-order valence-corrected chi connectivity index (χ1v) is 9.04. The number of ether oxygens (including phenoxy) is 3. The Balaban J connectivity index is 1.67. The lowest BCUT2D eigenvalue weighted by molar-refractivity contribution is -0.761.